The van der Waals surface area contributed by atoms with E-state index in [1.807, 2.05) is 0 Å². The van der Waals surface area contributed by atoms with Crippen molar-refractivity contribution in [2.75, 3.05) is 12.4 Å². The van der Waals surface area contributed by atoms with Gasteiger partial charge in [0.2, 0.25) is 5.91 Å². The van der Waals surface area contributed by atoms with Crippen molar-refractivity contribution >= 4 is 33.6 Å². The largest absolute Gasteiger partial charge is 0.496 e. The van der Waals surface area contributed by atoms with E-state index < -0.39 is 17.9 Å². The van der Waals surface area contributed by atoms with Gasteiger partial charge in [-0.1, -0.05) is 21.1 Å². The SMILES string of the molecule is COc1ccc(Br)cc1C(=O)NC(C)C(=O)Nc1cc(C)on1. The molecule has 8 heteroatoms. The molecule has 2 amide bonds. The molecular formula is C15H16BrN3O4. The predicted molar refractivity (Wildman–Crippen MR) is 87.5 cm³/mol. The average molecular weight is 382 g/mol. The Labute approximate surface area is 141 Å². The molecule has 0 aliphatic rings. The van der Waals surface area contributed by atoms with Crippen molar-refractivity contribution in [2.45, 2.75) is 19.9 Å². The van der Waals surface area contributed by atoms with Crippen LogP contribution in [0.1, 0.15) is 23.0 Å². The molecule has 0 bridgehead atoms. The second kappa shape index (κ2) is 7.28. The summed E-state index contributed by atoms with van der Waals surface area (Å²) in [6, 6.07) is 5.88. The van der Waals surface area contributed by atoms with E-state index in [4.69, 9.17) is 9.26 Å². The minimum atomic E-state index is -0.761. The number of nitrogens with zero attached hydrogens (tertiary/aromatic N) is 1. The molecule has 1 atom stereocenters. The lowest BCUT2D eigenvalue weighted by molar-refractivity contribution is -0.117. The molecule has 1 aromatic heterocycles. The smallest absolute Gasteiger partial charge is 0.255 e. The number of ether oxygens (including phenoxy) is 1. The van der Waals surface area contributed by atoms with Gasteiger partial charge in [0.05, 0.1) is 12.7 Å². The number of hydrogen-bond donors (Lipinski definition) is 2. The Morgan fingerprint density at radius 1 is 1.35 bits per heavy atom. The van der Waals surface area contributed by atoms with E-state index in [1.54, 1.807) is 38.1 Å². The summed E-state index contributed by atoms with van der Waals surface area (Å²) in [5.41, 5.74) is 0.332. The van der Waals surface area contributed by atoms with Crippen LogP contribution in [-0.2, 0) is 4.79 Å². The third kappa shape index (κ3) is 4.32. The van der Waals surface area contributed by atoms with Crippen LogP contribution >= 0.6 is 15.9 Å². The number of nitrogens with one attached hydrogen (secondary N) is 2. The van der Waals surface area contributed by atoms with Gasteiger partial charge in [-0.25, -0.2) is 0 Å². The van der Waals surface area contributed by atoms with Gasteiger partial charge >= 0.3 is 0 Å². The summed E-state index contributed by atoms with van der Waals surface area (Å²) in [7, 11) is 1.48. The van der Waals surface area contributed by atoms with Crippen LogP contribution in [0, 0.1) is 6.92 Å². The molecule has 0 saturated carbocycles. The maximum absolute atomic E-state index is 12.3. The molecule has 0 aliphatic heterocycles. The van der Waals surface area contributed by atoms with Crippen molar-refractivity contribution in [3.63, 3.8) is 0 Å². The minimum Gasteiger partial charge on any atom is -0.496 e. The van der Waals surface area contributed by atoms with Crippen molar-refractivity contribution in [1.29, 1.82) is 0 Å². The zero-order chi connectivity index (χ0) is 17.0. The summed E-state index contributed by atoms with van der Waals surface area (Å²) in [5, 5.41) is 8.84. The first kappa shape index (κ1) is 17.0. The topological polar surface area (TPSA) is 93.5 Å². The van der Waals surface area contributed by atoms with Crippen molar-refractivity contribution in [1.82, 2.24) is 10.5 Å². The van der Waals surface area contributed by atoms with E-state index in [2.05, 4.69) is 31.7 Å². The third-order valence-corrected chi connectivity index (χ3v) is 3.52. The van der Waals surface area contributed by atoms with Gasteiger partial charge in [0.25, 0.3) is 5.91 Å². The van der Waals surface area contributed by atoms with Gasteiger partial charge in [-0.2, -0.15) is 0 Å². The molecule has 0 saturated heterocycles. The number of benzene rings is 1. The summed E-state index contributed by atoms with van der Waals surface area (Å²) in [6.45, 7) is 3.29. The van der Waals surface area contributed by atoms with Crippen LogP contribution in [0.4, 0.5) is 5.82 Å². The van der Waals surface area contributed by atoms with Gasteiger partial charge in [-0.15, -0.1) is 0 Å². The summed E-state index contributed by atoms with van der Waals surface area (Å²) in [5.74, 6) is 0.484. The Morgan fingerprint density at radius 2 is 2.09 bits per heavy atom. The van der Waals surface area contributed by atoms with Crippen LogP contribution < -0.4 is 15.4 Å². The molecule has 0 spiro atoms. The Hall–Kier alpha value is -2.35. The number of hydrogen-bond acceptors (Lipinski definition) is 5. The average Bonchev–Trinajstić information content (AvgIpc) is 2.92. The van der Waals surface area contributed by atoms with Crippen molar-refractivity contribution < 1.29 is 18.8 Å². The van der Waals surface area contributed by atoms with E-state index in [1.165, 1.54) is 7.11 Å². The highest BCUT2D eigenvalue weighted by Gasteiger charge is 2.20. The first-order valence-electron chi connectivity index (χ1n) is 6.79. The molecule has 0 aliphatic carbocycles. The maximum atomic E-state index is 12.3. The molecule has 2 aromatic rings. The number of carbonyl (C=O) groups excluding carboxylic acids is 2. The number of aromatic nitrogens is 1. The number of rotatable bonds is 5. The Bertz CT molecular complexity index is 729. The van der Waals surface area contributed by atoms with Gasteiger partial charge in [0.1, 0.15) is 17.6 Å². The first-order valence-corrected chi connectivity index (χ1v) is 7.58. The van der Waals surface area contributed by atoms with Crippen LogP contribution in [-0.4, -0.2) is 30.1 Å². The molecule has 1 heterocycles. The Kier molecular flexibility index (Phi) is 5.38. The molecule has 0 radical (unpaired) electrons. The number of halogens is 1. The zero-order valence-electron chi connectivity index (χ0n) is 12.8. The lowest BCUT2D eigenvalue weighted by atomic mass is 10.1. The van der Waals surface area contributed by atoms with Crippen LogP contribution in [0.25, 0.3) is 0 Å². The van der Waals surface area contributed by atoms with Gasteiger partial charge in [0, 0.05) is 10.5 Å². The van der Waals surface area contributed by atoms with E-state index in [0.717, 1.165) is 4.47 Å². The summed E-state index contributed by atoms with van der Waals surface area (Å²) >= 11 is 3.30. The maximum Gasteiger partial charge on any atom is 0.255 e. The molecule has 2 N–H and O–H groups in total. The molecule has 0 fully saturated rings. The molecule has 122 valence electrons. The highest BCUT2D eigenvalue weighted by molar-refractivity contribution is 9.10. The monoisotopic (exact) mass is 381 g/mol. The fourth-order valence-corrected chi connectivity index (χ4v) is 2.22. The second-order valence-electron chi connectivity index (χ2n) is 4.85. The molecule has 1 unspecified atom stereocenters. The number of amides is 2. The minimum absolute atomic E-state index is 0.300. The van der Waals surface area contributed by atoms with Crippen molar-refractivity contribution in [2.24, 2.45) is 0 Å². The number of carbonyl (C=O) groups is 2. The van der Waals surface area contributed by atoms with E-state index in [-0.39, 0.29) is 0 Å². The van der Waals surface area contributed by atoms with E-state index in [9.17, 15) is 9.59 Å². The molecule has 1 aromatic carbocycles. The normalized spacial score (nSPS) is 11.7. The number of methoxy groups -OCH3 is 1. The van der Waals surface area contributed by atoms with Crippen molar-refractivity contribution in [3.8, 4) is 5.75 Å². The fourth-order valence-electron chi connectivity index (χ4n) is 1.86. The highest BCUT2D eigenvalue weighted by atomic mass is 79.9. The van der Waals surface area contributed by atoms with Gasteiger partial charge < -0.3 is 19.9 Å². The fraction of sp³-hybridized carbons (Fsp3) is 0.267. The van der Waals surface area contributed by atoms with Gasteiger partial charge in [0.15, 0.2) is 5.82 Å². The van der Waals surface area contributed by atoms with Gasteiger partial charge in [-0.05, 0) is 32.0 Å². The summed E-state index contributed by atoms with van der Waals surface area (Å²) in [4.78, 5) is 24.4. The number of aryl methyl sites for hydroxylation is 1. The highest BCUT2D eigenvalue weighted by Crippen LogP contribution is 2.23. The molecule has 2 rings (SSSR count). The van der Waals surface area contributed by atoms with Crippen LogP contribution in [0.15, 0.2) is 33.3 Å². The zero-order valence-corrected chi connectivity index (χ0v) is 14.4. The molecular weight excluding hydrogens is 366 g/mol. The van der Waals surface area contributed by atoms with E-state index >= 15 is 0 Å². The number of anilines is 1. The lowest BCUT2D eigenvalue weighted by Gasteiger charge is -2.14. The summed E-state index contributed by atoms with van der Waals surface area (Å²) in [6.07, 6.45) is 0. The standard InChI is InChI=1S/C15H16BrN3O4/c1-8-6-13(19-23-8)18-14(20)9(2)17-15(21)11-7-10(16)4-5-12(11)22-3/h4-7,9H,1-3H3,(H,17,21)(H,18,19,20). The summed E-state index contributed by atoms with van der Waals surface area (Å²) < 4.78 is 10.8. The quantitative estimate of drug-likeness (QED) is 0.829. The van der Waals surface area contributed by atoms with Crippen molar-refractivity contribution in [3.05, 3.63) is 40.1 Å². The molecule has 7 nitrogen and oxygen atoms in total. The third-order valence-electron chi connectivity index (χ3n) is 3.03. The Morgan fingerprint density at radius 3 is 2.70 bits per heavy atom. The van der Waals surface area contributed by atoms with Crippen LogP contribution in [0.2, 0.25) is 0 Å². The van der Waals surface area contributed by atoms with E-state index in [0.29, 0.717) is 22.9 Å². The van der Waals surface area contributed by atoms with Crippen LogP contribution in [0.5, 0.6) is 5.75 Å². The second-order valence-corrected chi connectivity index (χ2v) is 5.77. The molecule has 23 heavy (non-hydrogen) atoms. The lowest BCUT2D eigenvalue weighted by Crippen LogP contribution is -2.41. The first-order chi connectivity index (χ1) is 10.9. The Balaban J connectivity index is 2.04. The van der Waals surface area contributed by atoms with Crippen LogP contribution in [0.3, 0.4) is 0 Å². The van der Waals surface area contributed by atoms with Gasteiger partial charge in [-0.3, -0.25) is 9.59 Å². The predicted octanol–water partition coefficient (Wildman–Crippen LogP) is 2.51.